The van der Waals surface area contributed by atoms with Crippen molar-refractivity contribution in [1.82, 2.24) is 5.32 Å². The number of hydrogen-bond donors (Lipinski definition) is 1. The predicted molar refractivity (Wildman–Crippen MR) is 98.3 cm³/mol. The van der Waals surface area contributed by atoms with Crippen LogP contribution >= 0.6 is 35.7 Å². The molecule has 1 amide bonds. The zero-order valence-electron chi connectivity index (χ0n) is 12.0. The number of aryl methyl sites for hydroxylation is 1. The number of nitrogens with one attached hydrogen (secondary N) is 1. The molecule has 0 saturated carbocycles. The van der Waals surface area contributed by atoms with Gasteiger partial charge in [-0.15, -0.1) is 11.8 Å². The molecule has 2 atom stereocenters. The first kappa shape index (κ1) is 15.6. The second-order valence-electron chi connectivity index (χ2n) is 5.08. The molecule has 0 bridgehead atoms. The van der Waals surface area contributed by atoms with Crippen molar-refractivity contribution in [3.05, 3.63) is 65.7 Å². The molecule has 1 saturated heterocycles. The SMILES string of the molecule is Cc1cccc(C(Sc2ccccc2)C2SC(=S)NC2=O)c1. The third-order valence-electron chi connectivity index (χ3n) is 3.37. The van der Waals surface area contributed by atoms with E-state index in [2.05, 4.69) is 42.6 Å². The Morgan fingerprint density at radius 2 is 1.95 bits per heavy atom. The zero-order chi connectivity index (χ0) is 15.5. The number of amides is 1. The van der Waals surface area contributed by atoms with Gasteiger partial charge in [0.1, 0.15) is 9.57 Å². The molecule has 2 nitrogen and oxygen atoms in total. The van der Waals surface area contributed by atoms with Crippen molar-refractivity contribution in [2.75, 3.05) is 0 Å². The van der Waals surface area contributed by atoms with Gasteiger partial charge in [0.2, 0.25) is 5.91 Å². The Kier molecular flexibility index (Phi) is 4.86. The molecule has 2 aromatic rings. The van der Waals surface area contributed by atoms with E-state index in [1.165, 1.54) is 17.3 Å². The molecule has 1 aliphatic heterocycles. The van der Waals surface area contributed by atoms with Crippen LogP contribution in [-0.4, -0.2) is 15.5 Å². The van der Waals surface area contributed by atoms with Gasteiger partial charge in [0.15, 0.2) is 0 Å². The third-order valence-corrected chi connectivity index (χ3v) is 6.33. The van der Waals surface area contributed by atoms with E-state index in [-0.39, 0.29) is 16.4 Å². The first-order valence-corrected chi connectivity index (χ1v) is 9.10. The van der Waals surface area contributed by atoms with Crippen LogP contribution in [-0.2, 0) is 4.79 Å². The Morgan fingerprint density at radius 3 is 2.59 bits per heavy atom. The average molecular weight is 346 g/mol. The standard InChI is InChI=1S/C17H15NOS3/c1-11-6-5-7-12(10-11)14(15-16(19)18-17(20)22-15)21-13-8-3-2-4-9-13/h2-10,14-15H,1H3,(H,18,19,20). The maximum atomic E-state index is 12.2. The third kappa shape index (κ3) is 3.54. The van der Waals surface area contributed by atoms with Gasteiger partial charge in [-0.3, -0.25) is 4.79 Å². The summed E-state index contributed by atoms with van der Waals surface area (Å²) >= 11 is 8.32. The van der Waals surface area contributed by atoms with Crippen LogP contribution < -0.4 is 5.32 Å². The van der Waals surface area contributed by atoms with E-state index in [0.717, 1.165) is 10.5 Å². The quantitative estimate of drug-likeness (QED) is 0.659. The number of carbonyl (C=O) groups excluding carboxylic acids is 1. The number of thiocarbonyl (C=S) groups is 1. The number of thioether (sulfide) groups is 2. The number of carbonyl (C=O) groups is 1. The number of hydrogen-bond acceptors (Lipinski definition) is 4. The highest BCUT2D eigenvalue weighted by atomic mass is 32.2. The van der Waals surface area contributed by atoms with Crippen LogP contribution in [0.15, 0.2) is 59.5 Å². The number of rotatable bonds is 4. The van der Waals surface area contributed by atoms with Crippen molar-refractivity contribution in [1.29, 1.82) is 0 Å². The van der Waals surface area contributed by atoms with E-state index in [9.17, 15) is 4.79 Å². The van der Waals surface area contributed by atoms with Crippen molar-refractivity contribution in [2.45, 2.75) is 22.3 Å². The van der Waals surface area contributed by atoms with E-state index in [1.54, 1.807) is 11.8 Å². The normalized spacial score (nSPS) is 19.0. The molecule has 1 N–H and O–H groups in total. The van der Waals surface area contributed by atoms with Crippen LogP contribution in [0.1, 0.15) is 16.4 Å². The van der Waals surface area contributed by atoms with E-state index >= 15 is 0 Å². The molecular weight excluding hydrogens is 330 g/mol. The summed E-state index contributed by atoms with van der Waals surface area (Å²) in [7, 11) is 0. The van der Waals surface area contributed by atoms with Crippen LogP contribution in [0.25, 0.3) is 0 Å². The van der Waals surface area contributed by atoms with Crippen LogP contribution in [0.2, 0.25) is 0 Å². The van der Waals surface area contributed by atoms with Crippen molar-refractivity contribution in [3.63, 3.8) is 0 Å². The molecule has 0 spiro atoms. The maximum Gasteiger partial charge on any atom is 0.240 e. The summed E-state index contributed by atoms with van der Waals surface area (Å²) in [5.74, 6) is 0.00457. The molecule has 2 unspecified atom stereocenters. The molecule has 1 heterocycles. The van der Waals surface area contributed by atoms with Gasteiger partial charge in [0, 0.05) is 4.90 Å². The summed E-state index contributed by atoms with van der Waals surface area (Å²) in [5.41, 5.74) is 2.35. The van der Waals surface area contributed by atoms with Gasteiger partial charge in [-0.25, -0.2) is 0 Å². The molecule has 22 heavy (non-hydrogen) atoms. The topological polar surface area (TPSA) is 29.1 Å². The Morgan fingerprint density at radius 1 is 1.18 bits per heavy atom. The molecule has 1 fully saturated rings. The monoisotopic (exact) mass is 345 g/mol. The second-order valence-corrected chi connectivity index (χ2v) is 8.11. The molecule has 3 rings (SSSR count). The van der Waals surface area contributed by atoms with E-state index in [1.807, 2.05) is 24.3 Å². The van der Waals surface area contributed by atoms with Crippen LogP contribution in [0.3, 0.4) is 0 Å². The van der Waals surface area contributed by atoms with Gasteiger partial charge in [-0.05, 0) is 24.6 Å². The number of benzene rings is 2. The van der Waals surface area contributed by atoms with Crippen molar-refractivity contribution >= 4 is 46.0 Å². The fourth-order valence-corrected chi connectivity index (χ4v) is 5.09. The average Bonchev–Trinajstić information content (AvgIpc) is 2.84. The Balaban J connectivity index is 1.95. The highest BCUT2D eigenvalue weighted by molar-refractivity contribution is 8.24. The molecule has 1 aliphatic rings. The van der Waals surface area contributed by atoms with E-state index in [0.29, 0.717) is 4.32 Å². The van der Waals surface area contributed by atoms with Gasteiger partial charge in [0.25, 0.3) is 0 Å². The predicted octanol–water partition coefficient (Wildman–Crippen LogP) is 4.34. The lowest BCUT2D eigenvalue weighted by atomic mass is 10.1. The smallest absolute Gasteiger partial charge is 0.240 e. The minimum absolute atomic E-state index is 0.00457. The largest absolute Gasteiger partial charge is 0.311 e. The van der Waals surface area contributed by atoms with Crippen LogP contribution in [0.5, 0.6) is 0 Å². The van der Waals surface area contributed by atoms with Crippen molar-refractivity contribution in [3.8, 4) is 0 Å². The van der Waals surface area contributed by atoms with Crippen molar-refractivity contribution < 1.29 is 4.79 Å². The minimum Gasteiger partial charge on any atom is -0.311 e. The van der Waals surface area contributed by atoms with Gasteiger partial charge < -0.3 is 5.32 Å². The van der Waals surface area contributed by atoms with Gasteiger partial charge in [-0.1, -0.05) is 72.0 Å². The minimum atomic E-state index is -0.195. The van der Waals surface area contributed by atoms with E-state index < -0.39 is 0 Å². The highest BCUT2D eigenvalue weighted by Gasteiger charge is 2.37. The fourth-order valence-electron chi connectivity index (χ4n) is 2.37. The van der Waals surface area contributed by atoms with Crippen molar-refractivity contribution in [2.24, 2.45) is 0 Å². The summed E-state index contributed by atoms with van der Waals surface area (Å²) in [4.78, 5) is 13.4. The molecule has 0 radical (unpaired) electrons. The summed E-state index contributed by atoms with van der Waals surface area (Å²) in [6.07, 6.45) is 0. The Labute approximate surface area is 144 Å². The Bertz CT molecular complexity index is 702. The molecule has 0 aliphatic carbocycles. The maximum absolute atomic E-state index is 12.2. The van der Waals surface area contributed by atoms with Gasteiger partial charge in [0.05, 0.1) is 5.25 Å². The molecular formula is C17H15NOS3. The molecule has 5 heteroatoms. The summed E-state index contributed by atoms with van der Waals surface area (Å²) in [6.45, 7) is 2.07. The van der Waals surface area contributed by atoms with Gasteiger partial charge in [-0.2, -0.15) is 0 Å². The molecule has 2 aromatic carbocycles. The van der Waals surface area contributed by atoms with Gasteiger partial charge >= 0.3 is 0 Å². The zero-order valence-corrected chi connectivity index (χ0v) is 14.4. The first-order valence-electron chi connectivity index (χ1n) is 6.93. The Hall–Kier alpha value is -1.30. The lowest BCUT2D eigenvalue weighted by Gasteiger charge is -2.21. The fraction of sp³-hybridized carbons (Fsp3) is 0.176. The second kappa shape index (κ2) is 6.86. The van der Waals surface area contributed by atoms with Crippen LogP contribution in [0.4, 0.5) is 0 Å². The molecule has 112 valence electrons. The van der Waals surface area contributed by atoms with Crippen LogP contribution in [0, 0.1) is 6.92 Å². The lowest BCUT2D eigenvalue weighted by molar-refractivity contribution is -0.118. The highest BCUT2D eigenvalue weighted by Crippen LogP contribution is 2.44. The summed E-state index contributed by atoms with van der Waals surface area (Å²) < 4.78 is 0.571. The first-order chi connectivity index (χ1) is 10.6. The van der Waals surface area contributed by atoms with E-state index in [4.69, 9.17) is 12.2 Å². The lowest BCUT2D eigenvalue weighted by Crippen LogP contribution is -2.27. The summed E-state index contributed by atoms with van der Waals surface area (Å²) in [5, 5.41) is 2.60. The molecule has 0 aromatic heterocycles. The summed E-state index contributed by atoms with van der Waals surface area (Å²) in [6, 6.07) is 18.5.